The molecule has 0 radical (unpaired) electrons. The number of nitrogens with zero attached hydrogens (tertiary/aromatic N) is 5. The van der Waals surface area contributed by atoms with Crippen LogP contribution in [-0.4, -0.2) is 168 Å². The normalized spacial score (nSPS) is 15.7. The number of aliphatic hydroxyl groups excluding tert-OH is 1. The van der Waals surface area contributed by atoms with Gasteiger partial charge in [0.1, 0.15) is 42.3 Å². The van der Waals surface area contributed by atoms with Gasteiger partial charge >= 0.3 is 17.9 Å². The van der Waals surface area contributed by atoms with Crippen LogP contribution in [0.5, 0.6) is 0 Å². The molecule has 30 heteroatoms. The summed E-state index contributed by atoms with van der Waals surface area (Å²) < 4.78 is 0. The Kier molecular flexibility index (Phi) is 25.2. The average molecular weight is 1130 g/mol. The zero-order valence-electron chi connectivity index (χ0n) is 45.0. The van der Waals surface area contributed by atoms with Crippen molar-refractivity contribution < 1.29 is 82.9 Å². The van der Waals surface area contributed by atoms with Gasteiger partial charge in [-0.3, -0.25) is 73.1 Å². The summed E-state index contributed by atoms with van der Waals surface area (Å²) in [4.78, 5) is 168. The smallest absolute Gasteiger partial charge is 0.305 e. The van der Waals surface area contributed by atoms with Crippen LogP contribution in [0.4, 0.5) is 17.1 Å². The van der Waals surface area contributed by atoms with Crippen LogP contribution in [0.2, 0.25) is 0 Å². The van der Waals surface area contributed by atoms with Crippen molar-refractivity contribution in [1.82, 2.24) is 47.2 Å². The number of hydrogen-bond donors (Lipinski definition) is 11. The zero-order chi connectivity index (χ0) is 60.1. The van der Waals surface area contributed by atoms with Gasteiger partial charge in [0.2, 0.25) is 41.4 Å². The first-order valence-corrected chi connectivity index (χ1v) is 25.4. The van der Waals surface area contributed by atoms with E-state index in [0.717, 1.165) is 18.9 Å². The SMILES string of the molecule is CCCN(NC(=O)[C@H]1CCCN1C(=O)[C@@H](NC(=O)[C@@H](NC(=O)[C@H](CC(=O)O)NC(=O)[C@H](CCC(=O)O)NC(=O)[C@@H](NC(=O)[C@H](CC(=O)O)NC(C)=O)[C@@H](C)O)C(C)C)C(C)C)C(=O)c1ccc(N=Nc2ccc([N+](=O)[O-])cc2)cc1. The summed E-state index contributed by atoms with van der Waals surface area (Å²) in [7, 11) is 0. The van der Waals surface area contributed by atoms with Crippen LogP contribution in [0.15, 0.2) is 58.8 Å². The first-order valence-electron chi connectivity index (χ1n) is 25.4. The van der Waals surface area contributed by atoms with Crippen LogP contribution in [0.25, 0.3) is 0 Å². The molecule has 0 aromatic heterocycles. The quantitative estimate of drug-likeness (QED) is 0.0297. The standard InChI is InChI=1S/C50H68N12O18/c1-8-21-61(49(77)29-11-13-30(14-12-29)57-58-31-15-17-32(18-16-31)62(79)80)59-46(74)36-10-9-22-60(36)50(78)41(26(4)5)55-47(75)40(25(2)3)54-45(73)35(24-39(69)70)53-43(71)33(19-20-37(65)66)52-48(76)42(27(6)63)56-44(72)34(23-38(67)68)51-28(7)64/h11-18,25-27,33-36,40-42,63H,8-10,19-24H2,1-7H3,(H,51,64)(H,52,76)(H,53,71)(H,54,73)(H,55,75)(H,56,72)(H,59,74)(H,65,66)(H,67,68)(H,69,70)/t27-,33+,34+,35+,36-,40+,41+,42+/m1/s1. The van der Waals surface area contributed by atoms with E-state index in [-0.39, 0.29) is 30.8 Å². The second-order valence-electron chi connectivity index (χ2n) is 19.3. The van der Waals surface area contributed by atoms with Gasteiger partial charge < -0.3 is 57.2 Å². The topological polar surface area (TPSA) is 444 Å². The average Bonchev–Trinajstić information content (AvgIpc) is 3.88. The van der Waals surface area contributed by atoms with Gasteiger partial charge in [0.15, 0.2) is 0 Å². The molecule has 2 aromatic rings. The lowest BCUT2D eigenvalue weighted by atomic mass is 9.98. The summed E-state index contributed by atoms with van der Waals surface area (Å²) in [5, 5.41) is 72.4. The van der Waals surface area contributed by atoms with Crippen LogP contribution in [0.1, 0.15) is 104 Å². The Morgan fingerprint density at radius 1 is 0.662 bits per heavy atom. The molecule has 0 aliphatic carbocycles. The molecule has 8 atom stereocenters. The van der Waals surface area contributed by atoms with Crippen molar-refractivity contribution in [3.63, 3.8) is 0 Å². The third kappa shape index (κ3) is 20.1. The Labute approximate surface area is 458 Å². The van der Waals surface area contributed by atoms with E-state index in [2.05, 4.69) is 47.6 Å². The van der Waals surface area contributed by atoms with Crippen molar-refractivity contribution in [2.75, 3.05) is 13.1 Å². The molecule has 0 spiro atoms. The number of carboxylic acid groups (broad SMARTS) is 3. The predicted molar refractivity (Wildman–Crippen MR) is 278 cm³/mol. The van der Waals surface area contributed by atoms with Crippen molar-refractivity contribution in [3.05, 3.63) is 64.2 Å². The monoisotopic (exact) mass is 1120 g/mol. The van der Waals surface area contributed by atoms with Crippen molar-refractivity contribution in [2.45, 2.75) is 142 Å². The molecule has 1 heterocycles. The first-order chi connectivity index (χ1) is 37.5. The second kappa shape index (κ2) is 30.8. The fourth-order valence-corrected chi connectivity index (χ4v) is 7.99. The Bertz CT molecular complexity index is 2630. The van der Waals surface area contributed by atoms with Crippen LogP contribution >= 0.6 is 0 Å². The summed E-state index contributed by atoms with van der Waals surface area (Å²) in [6.07, 6.45) is -4.32. The Hall–Kier alpha value is -8.96. The molecule has 30 nitrogen and oxygen atoms in total. The third-order valence-corrected chi connectivity index (χ3v) is 12.1. The number of hydrazine groups is 1. The predicted octanol–water partition coefficient (Wildman–Crippen LogP) is 0.320. The highest BCUT2D eigenvalue weighted by Gasteiger charge is 2.41. The third-order valence-electron chi connectivity index (χ3n) is 12.1. The van der Waals surface area contributed by atoms with Crippen LogP contribution in [-0.2, 0) is 52.7 Å². The fourth-order valence-electron chi connectivity index (χ4n) is 7.99. The minimum atomic E-state index is -2.00. The van der Waals surface area contributed by atoms with Crippen LogP contribution in [0, 0.1) is 22.0 Å². The highest BCUT2D eigenvalue weighted by Crippen LogP contribution is 2.24. The minimum absolute atomic E-state index is 0.0755. The maximum atomic E-state index is 14.3. The number of benzene rings is 2. The van der Waals surface area contributed by atoms with Crippen molar-refractivity contribution in [3.8, 4) is 0 Å². The summed E-state index contributed by atoms with van der Waals surface area (Å²) in [6.45, 7) is 10.2. The number of amides is 9. The number of nitro benzene ring substituents is 1. The van der Waals surface area contributed by atoms with E-state index < -0.39 is 162 Å². The van der Waals surface area contributed by atoms with E-state index in [0.29, 0.717) is 24.2 Å². The van der Waals surface area contributed by atoms with E-state index in [1.165, 1.54) is 67.3 Å². The number of carbonyl (C=O) groups is 12. The maximum Gasteiger partial charge on any atom is 0.305 e. The summed E-state index contributed by atoms with van der Waals surface area (Å²) in [5.41, 5.74) is 3.39. The number of azo groups is 1. The molecule has 3 rings (SSSR count). The number of aliphatic carboxylic acids is 3. The molecule has 1 aliphatic heterocycles. The van der Waals surface area contributed by atoms with Gasteiger partial charge in [-0.25, -0.2) is 5.01 Å². The molecule has 11 N–H and O–H groups in total. The Morgan fingerprint density at radius 2 is 1.14 bits per heavy atom. The Balaban J connectivity index is 1.77. The van der Waals surface area contributed by atoms with Gasteiger partial charge in [0.05, 0.1) is 35.2 Å². The number of carbonyl (C=O) groups excluding carboxylic acids is 9. The van der Waals surface area contributed by atoms with E-state index in [1.54, 1.807) is 20.8 Å². The second-order valence-corrected chi connectivity index (χ2v) is 19.3. The molecular weight excluding hydrogens is 1060 g/mol. The summed E-state index contributed by atoms with van der Waals surface area (Å²) in [6, 6.07) is -0.143. The highest BCUT2D eigenvalue weighted by atomic mass is 16.6. The molecule has 2 aromatic carbocycles. The lowest BCUT2D eigenvalue weighted by molar-refractivity contribution is -0.384. The van der Waals surface area contributed by atoms with Gasteiger partial charge in [0.25, 0.3) is 17.5 Å². The number of non-ortho nitro benzene ring substituents is 1. The first kappa shape index (κ1) is 65.3. The van der Waals surface area contributed by atoms with Gasteiger partial charge in [-0.1, -0.05) is 34.6 Å². The Morgan fingerprint density at radius 3 is 1.61 bits per heavy atom. The molecule has 0 bridgehead atoms. The van der Waals surface area contributed by atoms with Gasteiger partial charge in [-0.2, -0.15) is 10.2 Å². The summed E-state index contributed by atoms with van der Waals surface area (Å²) >= 11 is 0. The molecule has 0 saturated carbocycles. The maximum absolute atomic E-state index is 14.3. The van der Waals surface area contributed by atoms with E-state index in [4.69, 9.17) is 0 Å². The number of likely N-dealkylation sites (tertiary alicyclic amines) is 1. The lowest BCUT2D eigenvalue weighted by Crippen LogP contribution is -2.62. The number of hydrogen-bond acceptors (Lipinski definition) is 17. The van der Waals surface area contributed by atoms with Crippen LogP contribution in [0.3, 0.4) is 0 Å². The molecule has 80 heavy (non-hydrogen) atoms. The number of nitro groups is 1. The van der Waals surface area contributed by atoms with Gasteiger partial charge in [-0.05, 0) is 80.8 Å². The van der Waals surface area contributed by atoms with E-state index in [9.17, 15) is 88.1 Å². The van der Waals surface area contributed by atoms with Crippen molar-refractivity contribution in [2.24, 2.45) is 22.1 Å². The number of rotatable bonds is 29. The zero-order valence-corrected chi connectivity index (χ0v) is 45.0. The number of carboxylic acids is 3. The molecule has 1 fully saturated rings. The molecule has 0 unspecified atom stereocenters. The van der Waals surface area contributed by atoms with Gasteiger partial charge in [-0.15, -0.1) is 0 Å². The van der Waals surface area contributed by atoms with E-state index >= 15 is 0 Å². The minimum Gasteiger partial charge on any atom is -0.481 e. The molecular formula is C50H68N12O18. The summed E-state index contributed by atoms with van der Waals surface area (Å²) in [5.74, 6) is -14.8. The molecule has 1 saturated heterocycles. The lowest BCUT2D eigenvalue weighted by Gasteiger charge is -2.33. The van der Waals surface area contributed by atoms with Crippen molar-refractivity contribution in [1.29, 1.82) is 0 Å². The number of aliphatic hydroxyl groups is 1. The molecule has 436 valence electrons. The number of nitrogens with one attached hydrogen (secondary N) is 7. The highest BCUT2D eigenvalue weighted by molar-refractivity contribution is 6.00. The van der Waals surface area contributed by atoms with E-state index in [1.807, 2.05) is 0 Å². The van der Waals surface area contributed by atoms with Gasteiger partial charge in [0, 0.05) is 44.1 Å². The van der Waals surface area contributed by atoms with Crippen LogP contribution < -0.4 is 37.3 Å². The largest absolute Gasteiger partial charge is 0.481 e. The molecule has 1 aliphatic rings. The fraction of sp³-hybridized carbons (Fsp3) is 0.520. The van der Waals surface area contributed by atoms with Crippen molar-refractivity contribution >= 4 is 88.1 Å². The molecule has 9 amide bonds.